The molecule has 6 nitrogen and oxygen atoms in total. The third-order valence-electron chi connectivity index (χ3n) is 4.00. The topological polar surface area (TPSA) is 105 Å². The van der Waals surface area contributed by atoms with Crippen molar-refractivity contribution in [3.05, 3.63) is 45.8 Å². The number of amides is 2. The van der Waals surface area contributed by atoms with Crippen molar-refractivity contribution in [2.75, 3.05) is 11.9 Å². The van der Waals surface area contributed by atoms with Gasteiger partial charge in [0.2, 0.25) is 0 Å². The molecule has 1 aliphatic carbocycles. The lowest BCUT2D eigenvalue weighted by Gasteiger charge is -2.11. The SMILES string of the molecule is N#Cc1cccc(OCC(=O)Nc2sc3c(c2C(N)=O)CCCC3)c1. The van der Waals surface area contributed by atoms with Crippen LogP contribution in [0.25, 0.3) is 0 Å². The molecule has 1 aliphatic rings. The Balaban J connectivity index is 1.70. The zero-order valence-electron chi connectivity index (χ0n) is 13.5. The minimum Gasteiger partial charge on any atom is -0.484 e. The van der Waals surface area contributed by atoms with Gasteiger partial charge < -0.3 is 15.8 Å². The molecule has 0 saturated heterocycles. The Morgan fingerprint density at radius 3 is 2.88 bits per heavy atom. The van der Waals surface area contributed by atoms with Gasteiger partial charge in [0, 0.05) is 4.88 Å². The van der Waals surface area contributed by atoms with Crippen molar-refractivity contribution in [3.8, 4) is 11.8 Å². The van der Waals surface area contributed by atoms with Crippen molar-refractivity contribution in [1.29, 1.82) is 5.26 Å². The first-order valence-electron chi connectivity index (χ1n) is 7.95. The highest BCUT2D eigenvalue weighted by molar-refractivity contribution is 7.17. The number of hydrogen-bond donors (Lipinski definition) is 2. The first-order chi connectivity index (χ1) is 12.1. The summed E-state index contributed by atoms with van der Waals surface area (Å²) in [6.07, 6.45) is 3.83. The molecule has 3 N–H and O–H groups in total. The maximum Gasteiger partial charge on any atom is 0.262 e. The first kappa shape index (κ1) is 17.0. The summed E-state index contributed by atoms with van der Waals surface area (Å²) in [5, 5.41) is 12.1. The minimum atomic E-state index is -0.516. The molecular weight excluding hydrogens is 338 g/mol. The zero-order chi connectivity index (χ0) is 17.8. The number of benzene rings is 1. The predicted octanol–water partition coefficient (Wildman–Crippen LogP) is 2.61. The van der Waals surface area contributed by atoms with Crippen LogP contribution in [0.5, 0.6) is 5.75 Å². The van der Waals surface area contributed by atoms with E-state index in [9.17, 15) is 9.59 Å². The van der Waals surface area contributed by atoms with Crippen LogP contribution in [0, 0.1) is 11.3 Å². The third kappa shape index (κ3) is 3.80. The van der Waals surface area contributed by atoms with E-state index < -0.39 is 5.91 Å². The Hall–Kier alpha value is -2.85. The van der Waals surface area contributed by atoms with Crippen molar-refractivity contribution in [2.24, 2.45) is 5.73 Å². The normalized spacial score (nSPS) is 12.8. The number of aryl methyl sites for hydroxylation is 1. The number of fused-ring (bicyclic) bond motifs is 1. The van der Waals surface area contributed by atoms with E-state index in [0.29, 0.717) is 21.9 Å². The number of nitrogens with zero attached hydrogens (tertiary/aromatic N) is 1. The van der Waals surface area contributed by atoms with E-state index in [1.54, 1.807) is 24.3 Å². The van der Waals surface area contributed by atoms with Crippen LogP contribution < -0.4 is 15.8 Å². The summed E-state index contributed by atoms with van der Waals surface area (Å²) in [5.74, 6) is -0.449. The van der Waals surface area contributed by atoms with Crippen LogP contribution in [0.1, 0.15) is 39.2 Å². The van der Waals surface area contributed by atoms with Gasteiger partial charge in [0.15, 0.2) is 6.61 Å². The number of nitriles is 1. The lowest BCUT2D eigenvalue weighted by atomic mass is 9.95. The second-order valence-electron chi connectivity index (χ2n) is 5.76. The highest BCUT2D eigenvalue weighted by atomic mass is 32.1. The number of primary amides is 1. The summed E-state index contributed by atoms with van der Waals surface area (Å²) in [4.78, 5) is 25.1. The molecule has 0 unspecified atom stereocenters. The molecule has 0 spiro atoms. The Morgan fingerprint density at radius 1 is 1.32 bits per heavy atom. The maximum absolute atomic E-state index is 12.2. The molecule has 25 heavy (non-hydrogen) atoms. The van der Waals surface area contributed by atoms with Crippen molar-refractivity contribution in [2.45, 2.75) is 25.7 Å². The Morgan fingerprint density at radius 2 is 2.12 bits per heavy atom. The van der Waals surface area contributed by atoms with Crippen LogP contribution in [0.4, 0.5) is 5.00 Å². The number of nitrogens with one attached hydrogen (secondary N) is 1. The summed E-state index contributed by atoms with van der Waals surface area (Å²) in [5.41, 5.74) is 7.37. The van der Waals surface area contributed by atoms with Gasteiger partial charge in [-0.05, 0) is 49.4 Å². The molecule has 0 aliphatic heterocycles. The Bertz CT molecular complexity index is 867. The summed E-state index contributed by atoms with van der Waals surface area (Å²) in [6, 6.07) is 8.59. The van der Waals surface area contributed by atoms with E-state index in [1.165, 1.54) is 11.3 Å². The highest BCUT2D eigenvalue weighted by Gasteiger charge is 2.24. The van der Waals surface area contributed by atoms with Gasteiger partial charge in [-0.15, -0.1) is 11.3 Å². The van der Waals surface area contributed by atoms with Gasteiger partial charge in [-0.3, -0.25) is 9.59 Å². The molecule has 1 heterocycles. The molecule has 0 saturated carbocycles. The van der Waals surface area contributed by atoms with Crippen LogP contribution >= 0.6 is 11.3 Å². The summed E-state index contributed by atoms with van der Waals surface area (Å²) < 4.78 is 5.41. The van der Waals surface area contributed by atoms with Crippen LogP contribution in [0.3, 0.4) is 0 Å². The fourth-order valence-electron chi connectivity index (χ4n) is 2.88. The molecular formula is C18H17N3O3S. The Labute approximate surface area is 149 Å². The monoisotopic (exact) mass is 355 g/mol. The number of anilines is 1. The molecule has 1 aromatic carbocycles. The van der Waals surface area contributed by atoms with Crippen LogP contribution in [0.15, 0.2) is 24.3 Å². The maximum atomic E-state index is 12.2. The van der Waals surface area contributed by atoms with Crippen LogP contribution in [-0.2, 0) is 17.6 Å². The molecule has 0 radical (unpaired) electrons. The molecule has 7 heteroatoms. The van der Waals surface area contributed by atoms with Crippen molar-refractivity contribution >= 4 is 28.2 Å². The quantitative estimate of drug-likeness (QED) is 0.860. The molecule has 2 amide bonds. The average molecular weight is 355 g/mol. The first-order valence-corrected chi connectivity index (χ1v) is 8.77. The van der Waals surface area contributed by atoms with E-state index in [-0.39, 0.29) is 12.5 Å². The second kappa shape index (κ2) is 7.36. The van der Waals surface area contributed by atoms with Gasteiger partial charge in [-0.1, -0.05) is 6.07 Å². The second-order valence-corrected chi connectivity index (χ2v) is 6.86. The number of carbonyl (C=O) groups is 2. The van der Waals surface area contributed by atoms with E-state index in [1.807, 2.05) is 6.07 Å². The molecule has 0 fully saturated rings. The van der Waals surface area contributed by atoms with Gasteiger partial charge in [0.05, 0.1) is 17.2 Å². The summed E-state index contributed by atoms with van der Waals surface area (Å²) >= 11 is 1.41. The number of nitrogens with two attached hydrogens (primary N) is 1. The predicted molar refractivity (Wildman–Crippen MR) is 94.8 cm³/mol. The fourth-order valence-corrected chi connectivity index (χ4v) is 4.19. The fraction of sp³-hybridized carbons (Fsp3) is 0.278. The zero-order valence-corrected chi connectivity index (χ0v) is 14.3. The smallest absolute Gasteiger partial charge is 0.262 e. The summed E-state index contributed by atoms with van der Waals surface area (Å²) in [6.45, 7) is -0.213. The molecule has 2 aromatic rings. The van der Waals surface area contributed by atoms with Gasteiger partial charge in [-0.2, -0.15) is 5.26 Å². The summed E-state index contributed by atoms with van der Waals surface area (Å²) in [7, 11) is 0. The van der Waals surface area contributed by atoms with Gasteiger partial charge >= 0.3 is 0 Å². The molecule has 0 atom stereocenters. The van der Waals surface area contributed by atoms with Crippen molar-refractivity contribution in [3.63, 3.8) is 0 Å². The van der Waals surface area contributed by atoms with Gasteiger partial charge in [0.1, 0.15) is 10.8 Å². The molecule has 3 rings (SSSR count). The van der Waals surface area contributed by atoms with Gasteiger partial charge in [0.25, 0.3) is 11.8 Å². The van der Waals surface area contributed by atoms with Crippen LogP contribution in [-0.4, -0.2) is 18.4 Å². The number of thiophene rings is 1. The third-order valence-corrected chi connectivity index (χ3v) is 5.21. The van der Waals surface area contributed by atoms with E-state index >= 15 is 0 Å². The molecule has 1 aromatic heterocycles. The van der Waals surface area contributed by atoms with E-state index in [4.69, 9.17) is 15.7 Å². The van der Waals surface area contributed by atoms with Crippen LogP contribution in [0.2, 0.25) is 0 Å². The standard InChI is InChI=1S/C18H17N3O3S/c19-9-11-4-3-5-12(8-11)24-10-15(22)21-18-16(17(20)23)13-6-1-2-7-14(13)25-18/h3-5,8H,1-2,6-7,10H2,(H2,20,23)(H,21,22). The molecule has 128 valence electrons. The Kier molecular flexibility index (Phi) is 5.00. The number of rotatable bonds is 5. The number of ether oxygens (including phenoxy) is 1. The molecule has 0 bridgehead atoms. The van der Waals surface area contributed by atoms with E-state index in [2.05, 4.69) is 5.32 Å². The van der Waals surface area contributed by atoms with Crippen molar-refractivity contribution in [1.82, 2.24) is 0 Å². The highest BCUT2D eigenvalue weighted by Crippen LogP contribution is 2.37. The van der Waals surface area contributed by atoms with Gasteiger partial charge in [-0.25, -0.2) is 0 Å². The van der Waals surface area contributed by atoms with E-state index in [0.717, 1.165) is 36.1 Å². The number of hydrogen-bond acceptors (Lipinski definition) is 5. The minimum absolute atomic E-state index is 0.213. The largest absolute Gasteiger partial charge is 0.484 e. The lowest BCUT2D eigenvalue weighted by Crippen LogP contribution is -2.22. The lowest BCUT2D eigenvalue weighted by molar-refractivity contribution is -0.118. The van der Waals surface area contributed by atoms with Crippen molar-refractivity contribution < 1.29 is 14.3 Å². The average Bonchev–Trinajstić information content (AvgIpc) is 2.98. The number of carbonyl (C=O) groups excluding carboxylic acids is 2.